The van der Waals surface area contributed by atoms with Crippen LogP contribution < -0.4 is 0 Å². The van der Waals surface area contributed by atoms with E-state index in [2.05, 4.69) is 10.2 Å². The maximum atomic E-state index is 13.9. The summed E-state index contributed by atoms with van der Waals surface area (Å²) in [5, 5.41) is 8.34. The molecule has 0 aliphatic carbocycles. The van der Waals surface area contributed by atoms with Crippen molar-refractivity contribution >= 4 is 17.5 Å². The van der Waals surface area contributed by atoms with Crippen molar-refractivity contribution in [1.29, 1.82) is 0 Å². The first-order chi connectivity index (χ1) is 13.0. The number of carbonyl (C=O) groups excluding carboxylic acids is 1. The Morgan fingerprint density at radius 1 is 1.19 bits per heavy atom. The normalized spacial score (nSPS) is 10.8. The molecule has 5 nitrogen and oxygen atoms in total. The third-order valence-corrected chi connectivity index (χ3v) is 4.17. The second-order valence-corrected chi connectivity index (χ2v) is 6.24. The van der Waals surface area contributed by atoms with Crippen LogP contribution in [0.25, 0.3) is 11.5 Å². The average molecular weight is 392 g/mol. The van der Waals surface area contributed by atoms with Crippen molar-refractivity contribution < 1.29 is 18.0 Å². The first-order valence-electron chi connectivity index (χ1n) is 8.31. The van der Waals surface area contributed by atoms with Gasteiger partial charge in [0.2, 0.25) is 11.8 Å². The molecule has 3 aromatic rings. The zero-order valence-electron chi connectivity index (χ0n) is 14.5. The van der Waals surface area contributed by atoms with Gasteiger partial charge in [-0.2, -0.15) is 0 Å². The molecule has 0 saturated carbocycles. The Morgan fingerprint density at radius 2 is 1.96 bits per heavy atom. The number of hydrogen-bond acceptors (Lipinski definition) is 4. The van der Waals surface area contributed by atoms with E-state index in [0.717, 1.165) is 18.2 Å². The summed E-state index contributed by atoms with van der Waals surface area (Å²) in [6.07, 6.45) is 0.619. The first kappa shape index (κ1) is 19.0. The van der Waals surface area contributed by atoms with Crippen LogP contribution in [0, 0.1) is 11.6 Å². The molecule has 0 fully saturated rings. The molecule has 0 saturated heterocycles. The van der Waals surface area contributed by atoms with Crippen molar-refractivity contribution in [2.45, 2.75) is 19.9 Å². The lowest BCUT2D eigenvalue weighted by Gasteiger charge is -2.20. The fraction of sp³-hybridized carbons (Fsp3) is 0.211. The van der Waals surface area contributed by atoms with Gasteiger partial charge in [-0.1, -0.05) is 30.7 Å². The van der Waals surface area contributed by atoms with Gasteiger partial charge in [-0.05, 0) is 36.8 Å². The molecule has 0 N–H and O–H groups in total. The lowest BCUT2D eigenvalue weighted by atomic mass is 10.1. The van der Waals surface area contributed by atoms with Crippen molar-refractivity contribution in [3.63, 3.8) is 0 Å². The summed E-state index contributed by atoms with van der Waals surface area (Å²) in [6.45, 7) is 2.16. The summed E-state index contributed by atoms with van der Waals surface area (Å²) >= 11 is 6.12. The topological polar surface area (TPSA) is 59.2 Å². The third-order valence-electron chi connectivity index (χ3n) is 3.84. The molecule has 0 radical (unpaired) electrons. The van der Waals surface area contributed by atoms with Crippen LogP contribution in [0.2, 0.25) is 5.02 Å². The van der Waals surface area contributed by atoms with Gasteiger partial charge in [0.15, 0.2) is 0 Å². The summed E-state index contributed by atoms with van der Waals surface area (Å²) < 4.78 is 33.0. The summed E-state index contributed by atoms with van der Waals surface area (Å²) in [7, 11) is 0. The predicted molar refractivity (Wildman–Crippen MR) is 96.1 cm³/mol. The molecular weight excluding hydrogens is 376 g/mol. The molecule has 0 spiro atoms. The molecule has 140 valence electrons. The molecule has 2 aromatic carbocycles. The van der Waals surface area contributed by atoms with Gasteiger partial charge in [-0.15, -0.1) is 10.2 Å². The van der Waals surface area contributed by atoms with E-state index in [4.69, 9.17) is 16.0 Å². The minimum Gasteiger partial charge on any atom is -0.419 e. The summed E-state index contributed by atoms with van der Waals surface area (Å²) in [4.78, 5) is 14.0. The Bertz CT molecular complexity index is 962. The van der Waals surface area contributed by atoms with Crippen molar-refractivity contribution in [3.8, 4) is 11.5 Å². The first-order valence-corrected chi connectivity index (χ1v) is 8.69. The number of benzene rings is 2. The minimum atomic E-state index is -0.787. The van der Waals surface area contributed by atoms with Crippen LogP contribution in [0.5, 0.6) is 0 Å². The van der Waals surface area contributed by atoms with Gasteiger partial charge in [0.05, 0.1) is 22.7 Å². The smallest absolute Gasteiger partial charge is 0.257 e. The average Bonchev–Trinajstić information content (AvgIpc) is 3.11. The molecule has 1 amide bonds. The zero-order valence-corrected chi connectivity index (χ0v) is 15.2. The van der Waals surface area contributed by atoms with Gasteiger partial charge < -0.3 is 9.32 Å². The van der Waals surface area contributed by atoms with Gasteiger partial charge in [0.1, 0.15) is 11.6 Å². The van der Waals surface area contributed by atoms with Crippen LogP contribution in [0.4, 0.5) is 8.78 Å². The Hall–Kier alpha value is -2.80. The summed E-state index contributed by atoms with van der Waals surface area (Å²) in [5.41, 5.74) is 0.233. The van der Waals surface area contributed by atoms with Crippen LogP contribution in [-0.4, -0.2) is 27.5 Å². The minimum absolute atomic E-state index is 0.0277. The van der Waals surface area contributed by atoms with Crippen molar-refractivity contribution in [1.82, 2.24) is 15.1 Å². The lowest BCUT2D eigenvalue weighted by molar-refractivity contribution is 0.0723. The van der Waals surface area contributed by atoms with Crippen LogP contribution in [-0.2, 0) is 6.54 Å². The number of carbonyl (C=O) groups is 1. The Labute approximate surface area is 159 Å². The molecule has 0 atom stereocenters. The van der Waals surface area contributed by atoms with Gasteiger partial charge in [0.25, 0.3) is 5.91 Å². The molecule has 0 bridgehead atoms. The highest BCUT2D eigenvalue weighted by Crippen LogP contribution is 2.26. The second-order valence-electron chi connectivity index (χ2n) is 5.83. The standard InChI is InChI=1S/C19H16ClF2N3O2/c1-2-9-25(19(26)14-10-12(21)7-8-16(14)22)11-17-23-24-18(27-17)13-5-3-4-6-15(13)20/h3-8,10H,2,9,11H2,1H3. The zero-order chi connectivity index (χ0) is 19.4. The Balaban J connectivity index is 1.84. The number of hydrogen-bond donors (Lipinski definition) is 0. The number of nitrogens with zero attached hydrogens (tertiary/aromatic N) is 3. The highest BCUT2D eigenvalue weighted by Gasteiger charge is 2.22. The van der Waals surface area contributed by atoms with Crippen LogP contribution in [0.15, 0.2) is 46.9 Å². The van der Waals surface area contributed by atoms with Gasteiger partial charge in [-0.25, -0.2) is 8.78 Å². The van der Waals surface area contributed by atoms with E-state index in [1.165, 1.54) is 4.90 Å². The van der Waals surface area contributed by atoms with Gasteiger partial charge in [-0.3, -0.25) is 4.79 Å². The van der Waals surface area contributed by atoms with E-state index in [-0.39, 0.29) is 23.9 Å². The molecule has 1 heterocycles. The third kappa shape index (κ3) is 4.31. The van der Waals surface area contributed by atoms with E-state index in [0.29, 0.717) is 23.6 Å². The van der Waals surface area contributed by atoms with Gasteiger partial charge in [0, 0.05) is 6.54 Å². The van der Waals surface area contributed by atoms with E-state index in [1.807, 2.05) is 6.92 Å². The summed E-state index contributed by atoms with van der Waals surface area (Å²) in [6, 6.07) is 9.75. The molecule has 1 aromatic heterocycles. The molecule has 0 aliphatic heterocycles. The Morgan fingerprint density at radius 3 is 2.70 bits per heavy atom. The molecular formula is C19H16ClF2N3O2. The largest absolute Gasteiger partial charge is 0.419 e. The van der Waals surface area contributed by atoms with E-state index in [1.54, 1.807) is 24.3 Å². The van der Waals surface area contributed by atoms with Crippen molar-refractivity contribution in [2.75, 3.05) is 6.54 Å². The number of amides is 1. The molecule has 0 aliphatic rings. The fourth-order valence-corrected chi connectivity index (χ4v) is 2.79. The number of rotatable bonds is 6. The molecule has 0 unspecified atom stereocenters. The lowest BCUT2D eigenvalue weighted by Crippen LogP contribution is -2.32. The van der Waals surface area contributed by atoms with Crippen molar-refractivity contribution in [3.05, 3.63) is 70.6 Å². The predicted octanol–water partition coefficient (Wildman–Crippen LogP) is 4.72. The number of halogens is 3. The van der Waals surface area contributed by atoms with Crippen molar-refractivity contribution in [2.24, 2.45) is 0 Å². The maximum absolute atomic E-state index is 13.9. The van der Waals surface area contributed by atoms with Crippen LogP contribution in [0.3, 0.4) is 0 Å². The quantitative estimate of drug-likeness (QED) is 0.610. The van der Waals surface area contributed by atoms with E-state index >= 15 is 0 Å². The molecule has 27 heavy (non-hydrogen) atoms. The molecule has 8 heteroatoms. The van der Waals surface area contributed by atoms with Crippen LogP contribution >= 0.6 is 11.6 Å². The highest BCUT2D eigenvalue weighted by atomic mass is 35.5. The van der Waals surface area contributed by atoms with E-state index in [9.17, 15) is 13.6 Å². The van der Waals surface area contributed by atoms with Crippen LogP contribution in [0.1, 0.15) is 29.6 Å². The number of aromatic nitrogens is 2. The van der Waals surface area contributed by atoms with E-state index < -0.39 is 17.5 Å². The second kappa shape index (κ2) is 8.26. The summed E-state index contributed by atoms with van der Waals surface area (Å²) in [5.74, 6) is -1.73. The monoisotopic (exact) mass is 391 g/mol. The Kier molecular flexibility index (Phi) is 5.81. The van der Waals surface area contributed by atoms with Gasteiger partial charge >= 0.3 is 0 Å². The molecule has 3 rings (SSSR count). The maximum Gasteiger partial charge on any atom is 0.257 e. The fourth-order valence-electron chi connectivity index (χ4n) is 2.58. The highest BCUT2D eigenvalue weighted by molar-refractivity contribution is 6.33. The SMILES string of the molecule is CCCN(Cc1nnc(-c2ccccc2Cl)o1)C(=O)c1cc(F)ccc1F.